The van der Waals surface area contributed by atoms with Gasteiger partial charge in [0, 0.05) is 30.3 Å². The summed E-state index contributed by atoms with van der Waals surface area (Å²) in [6.07, 6.45) is 1.62. The fraction of sp³-hybridized carbons (Fsp3) is 0.333. The number of nitrogens with zero attached hydrogens (tertiary/aromatic N) is 1. The van der Waals surface area contributed by atoms with E-state index in [4.69, 9.17) is 0 Å². The van der Waals surface area contributed by atoms with Gasteiger partial charge in [-0.3, -0.25) is 9.78 Å². The zero-order chi connectivity index (χ0) is 15.5. The number of hydrogen-bond donors (Lipinski definition) is 1. The standard InChI is InChI=1S/C15H18N2O3S/c1-11(21(2,19)20)15(18)16-10-9-13-8-7-12-5-3-4-6-14(12)17-13/h3-8,11H,9-10H2,1-2H3,(H,16,18)/t11-/m0/s1. The van der Waals surface area contributed by atoms with Crippen molar-refractivity contribution in [3.05, 3.63) is 42.1 Å². The molecule has 0 unspecified atom stereocenters. The molecule has 0 saturated heterocycles. The smallest absolute Gasteiger partial charge is 0.238 e. The third-order valence-corrected chi connectivity index (χ3v) is 4.85. The molecule has 1 aromatic heterocycles. The van der Waals surface area contributed by atoms with E-state index in [0.29, 0.717) is 13.0 Å². The molecule has 1 amide bonds. The van der Waals surface area contributed by atoms with Gasteiger partial charge in [0.05, 0.1) is 5.52 Å². The van der Waals surface area contributed by atoms with Crippen LogP contribution in [0.2, 0.25) is 0 Å². The minimum Gasteiger partial charge on any atom is -0.355 e. The van der Waals surface area contributed by atoms with Gasteiger partial charge in [-0.2, -0.15) is 0 Å². The van der Waals surface area contributed by atoms with Crippen LogP contribution in [0.15, 0.2) is 36.4 Å². The Morgan fingerprint density at radius 3 is 2.67 bits per heavy atom. The second-order valence-corrected chi connectivity index (χ2v) is 7.37. The Morgan fingerprint density at radius 2 is 1.95 bits per heavy atom. The number of amides is 1. The highest BCUT2D eigenvalue weighted by Gasteiger charge is 2.22. The lowest BCUT2D eigenvalue weighted by atomic mass is 10.2. The highest BCUT2D eigenvalue weighted by molar-refractivity contribution is 7.92. The monoisotopic (exact) mass is 306 g/mol. The van der Waals surface area contributed by atoms with Crippen molar-refractivity contribution in [2.45, 2.75) is 18.6 Å². The van der Waals surface area contributed by atoms with Crippen LogP contribution < -0.4 is 5.32 Å². The average molecular weight is 306 g/mol. The number of carbonyl (C=O) groups excluding carboxylic acids is 1. The van der Waals surface area contributed by atoms with Gasteiger partial charge >= 0.3 is 0 Å². The van der Waals surface area contributed by atoms with E-state index in [2.05, 4.69) is 10.3 Å². The number of carbonyl (C=O) groups is 1. The molecule has 0 aliphatic rings. The van der Waals surface area contributed by atoms with Crippen LogP contribution >= 0.6 is 0 Å². The summed E-state index contributed by atoms with van der Waals surface area (Å²) in [5.41, 5.74) is 1.77. The van der Waals surface area contributed by atoms with Gasteiger partial charge in [0.2, 0.25) is 5.91 Å². The van der Waals surface area contributed by atoms with Crippen LogP contribution in [0.5, 0.6) is 0 Å². The Morgan fingerprint density at radius 1 is 1.24 bits per heavy atom. The molecule has 0 radical (unpaired) electrons. The second kappa shape index (κ2) is 6.22. The van der Waals surface area contributed by atoms with Crippen molar-refractivity contribution in [1.82, 2.24) is 10.3 Å². The minimum absolute atomic E-state index is 0.365. The molecule has 1 heterocycles. The van der Waals surface area contributed by atoms with E-state index >= 15 is 0 Å². The first-order chi connectivity index (χ1) is 9.88. The van der Waals surface area contributed by atoms with E-state index in [1.807, 2.05) is 36.4 Å². The summed E-state index contributed by atoms with van der Waals surface area (Å²) in [5, 5.41) is 2.67. The van der Waals surface area contributed by atoms with Crippen LogP contribution in [0.4, 0.5) is 0 Å². The predicted octanol–water partition coefficient (Wildman–Crippen LogP) is 1.33. The quantitative estimate of drug-likeness (QED) is 0.904. The Bertz CT molecular complexity index is 756. The second-order valence-electron chi connectivity index (χ2n) is 5.01. The molecule has 0 fully saturated rings. The van der Waals surface area contributed by atoms with Crippen LogP contribution in [-0.4, -0.2) is 37.4 Å². The molecule has 2 aromatic rings. The summed E-state index contributed by atoms with van der Waals surface area (Å²) in [6.45, 7) is 1.75. The molecule has 0 spiro atoms. The SMILES string of the molecule is C[C@@H](C(=O)NCCc1ccc2ccccc2n1)S(C)(=O)=O. The number of sulfone groups is 1. The Hall–Kier alpha value is -1.95. The maximum atomic E-state index is 11.7. The number of benzene rings is 1. The topological polar surface area (TPSA) is 76.1 Å². The summed E-state index contributed by atoms with van der Waals surface area (Å²) < 4.78 is 22.6. The van der Waals surface area contributed by atoms with Gasteiger partial charge in [-0.1, -0.05) is 24.3 Å². The van der Waals surface area contributed by atoms with Gasteiger partial charge in [0.15, 0.2) is 9.84 Å². The Balaban J connectivity index is 1.95. The molecule has 1 atom stereocenters. The molecule has 1 N–H and O–H groups in total. The van der Waals surface area contributed by atoms with Gasteiger partial charge in [-0.15, -0.1) is 0 Å². The van der Waals surface area contributed by atoms with Crippen molar-refractivity contribution < 1.29 is 13.2 Å². The van der Waals surface area contributed by atoms with E-state index in [-0.39, 0.29) is 0 Å². The summed E-state index contributed by atoms with van der Waals surface area (Å²) in [5.74, 6) is -0.474. The average Bonchev–Trinajstić information content (AvgIpc) is 2.45. The molecular formula is C15H18N2O3S. The molecule has 112 valence electrons. The first-order valence-electron chi connectivity index (χ1n) is 6.69. The summed E-state index contributed by atoms with van der Waals surface area (Å²) in [7, 11) is -3.35. The molecule has 1 aromatic carbocycles. The molecule has 5 nitrogen and oxygen atoms in total. The number of nitrogens with one attached hydrogen (secondary N) is 1. The number of aromatic nitrogens is 1. The largest absolute Gasteiger partial charge is 0.355 e. The Kier molecular flexibility index (Phi) is 4.57. The summed E-state index contributed by atoms with van der Waals surface area (Å²) in [6, 6.07) is 11.7. The van der Waals surface area contributed by atoms with Crippen LogP contribution in [0.3, 0.4) is 0 Å². The van der Waals surface area contributed by atoms with Crippen LogP contribution in [0, 0.1) is 0 Å². The van der Waals surface area contributed by atoms with E-state index in [0.717, 1.165) is 22.9 Å². The normalized spacial score (nSPS) is 13.0. The van der Waals surface area contributed by atoms with Crippen LogP contribution in [0.25, 0.3) is 10.9 Å². The van der Waals surface area contributed by atoms with E-state index in [1.54, 1.807) is 0 Å². The fourth-order valence-electron chi connectivity index (χ4n) is 1.90. The van der Waals surface area contributed by atoms with Crippen LogP contribution in [0.1, 0.15) is 12.6 Å². The summed E-state index contributed by atoms with van der Waals surface area (Å²) in [4.78, 5) is 16.2. The van der Waals surface area contributed by atoms with E-state index in [1.165, 1.54) is 6.92 Å². The van der Waals surface area contributed by atoms with Crippen molar-refractivity contribution in [3.63, 3.8) is 0 Å². The number of pyridine rings is 1. The number of hydrogen-bond acceptors (Lipinski definition) is 4. The highest BCUT2D eigenvalue weighted by atomic mass is 32.2. The lowest BCUT2D eigenvalue weighted by Crippen LogP contribution is -2.38. The van der Waals surface area contributed by atoms with Crippen LogP contribution in [-0.2, 0) is 21.1 Å². The molecule has 0 bridgehead atoms. The van der Waals surface area contributed by atoms with Gasteiger partial charge in [0.1, 0.15) is 5.25 Å². The van der Waals surface area contributed by atoms with Crippen molar-refractivity contribution >= 4 is 26.6 Å². The third kappa shape index (κ3) is 4.01. The molecule has 6 heteroatoms. The third-order valence-electron chi connectivity index (χ3n) is 3.35. The van der Waals surface area contributed by atoms with E-state index < -0.39 is 21.0 Å². The van der Waals surface area contributed by atoms with Crippen molar-refractivity contribution in [3.8, 4) is 0 Å². The zero-order valence-electron chi connectivity index (χ0n) is 12.0. The fourth-order valence-corrected chi connectivity index (χ4v) is 2.37. The van der Waals surface area contributed by atoms with Gasteiger partial charge in [-0.25, -0.2) is 8.42 Å². The van der Waals surface area contributed by atoms with Gasteiger partial charge in [-0.05, 0) is 19.1 Å². The molecule has 0 aliphatic heterocycles. The first kappa shape index (κ1) is 15.4. The summed E-state index contributed by atoms with van der Waals surface area (Å²) >= 11 is 0. The van der Waals surface area contributed by atoms with Gasteiger partial charge < -0.3 is 5.32 Å². The zero-order valence-corrected chi connectivity index (χ0v) is 12.9. The molecule has 0 saturated carbocycles. The maximum absolute atomic E-state index is 11.7. The van der Waals surface area contributed by atoms with Crippen molar-refractivity contribution in [1.29, 1.82) is 0 Å². The number of para-hydroxylation sites is 1. The van der Waals surface area contributed by atoms with E-state index in [9.17, 15) is 13.2 Å². The lowest BCUT2D eigenvalue weighted by molar-refractivity contribution is -0.120. The molecular weight excluding hydrogens is 288 g/mol. The van der Waals surface area contributed by atoms with Crippen molar-refractivity contribution in [2.24, 2.45) is 0 Å². The predicted molar refractivity (Wildman–Crippen MR) is 82.8 cm³/mol. The Labute approximate surface area is 124 Å². The molecule has 21 heavy (non-hydrogen) atoms. The molecule has 2 rings (SSSR count). The number of fused-ring (bicyclic) bond motifs is 1. The lowest BCUT2D eigenvalue weighted by Gasteiger charge is -2.10. The molecule has 0 aliphatic carbocycles. The van der Waals surface area contributed by atoms with Gasteiger partial charge in [0.25, 0.3) is 0 Å². The highest BCUT2D eigenvalue weighted by Crippen LogP contribution is 2.11. The maximum Gasteiger partial charge on any atom is 0.238 e. The number of rotatable bonds is 5. The van der Waals surface area contributed by atoms with Crippen molar-refractivity contribution in [2.75, 3.05) is 12.8 Å². The minimum atomic E-state index is -3.35. The first-order valence-corrected chi connectivity index (χ1v) is 8.64.